The minimum Gasteiger partial charge on any atom is -0.459 e. The van der Waals surface area contributed by atoms with Crippen molar-refractivity contribution in [2.75, 3.05) is 62.9 Å². The van der Waals surface area contributed by atoms with Crippen LogP contribution in [0.4, 0.5) is 0 Å². The van der Waals surface area contributed by atoms with Gasteiger partial charge in [-0.25, -0.2) is 19.2 Å². The zero-order valence-corrected chi connectivity index (χ0v) is 88.7. The van der Waals surface area contributed by atoms with Crippen LogP contribution < -0.4 is 0 Å². The van der Waals surface area contributed by atoms with E-state index in [9.17, 15) is 57.0 Å². The molecule has 0 aliphatic carbocycles. The van der Waals surface area contributed by atoms with E-state index in [1.54, 1.807) is 199 Å². The number of likely N-dealkylation sites (N-methyl/N-ethyl adjacent to an activating group) is 2. The Morgan fingerprint density at radius 1 is 0.426 bits per heavy atom. The summed E-state index contributed by atoms with van der Waals surface area (Å²) in [5.41, 5.74) is -7.22. The second kappa shape index (κ2) is 50.0. The van der Waals surface area contributed by atoms with Crippen LogP contribution >= 0.6 is 0 Å². The van der Waals surface area contributed by atoms with Crippen molar-refractivity contribution in [3.63, 3.8) is 0 Å². The van der Waals surface area contributed by atoms with Gasteiger partial charge in [-0.15, -0.1) is 0 Å². The molecule has 0 amide bonds. The third-order valence-electron chi connectivity index (χ3n) is 29.8. The monoisotopic (exact) mass is 2000 g/mol. The highest BCUT2D eigenvalue weighted by atomic mass is 32.2. The summed E-state index contributed by atoms with van der Waals surface area (Å²) in [4.78, 5) is 117. The molecule has 6 aliphatic heterocycles. The van der Waals surface area contributed by atoms with Crippen molar-refractivity contribution >= 4 is 57.5 Å². The Morgan fingerprint density at radius 3 is 1.08 bits per heavy atom. The van der Waals surface area contributed by atoms with Crippen LogP contribution in [-0.4, -0.2) is 301 Å². The first-order valence-corrected chi connectivity index (χ1v) is 51.4. The molecular formula is C107H158N2O31S. The minimum absolute atomic E-state index is 0.00329. The second-order valence-corrected chi connectivity index (χ2v) is 42.4. The molecule has 4 aromatic carbocycles. The van der Waals surface area contributed by atoms with Crippen molar-refractivity contribution < 1.29 is 146 Å². The summed E-state index contributed by atoms with van der Waals surface area (Å²) < 4.78 is 149. The Hall–Kier alpha value is -7.95. The number of ether oxygens (including phenoxy) is 18. The lowest BCUT2D eigenvalue weighted by atomic mass is 9.73. The summed E-state index contributed by atoms with van der Waals surface area (Å²) in [5, 5.41) is 24.7. The number of rotatable bonds is 28. The van der Waals surface area contributed by atoms with Crippen LogP contribution in [-0.2, 0) is 119 Å². The number of carbonyl (C=O) groups is 8. The van der Waals surface area contributed by atoms with E-state index in [4.69, 9.17) is 89.4 Å². The minimum atomic E-state index is -4.31. The molecule has 33 nitrogen and oxygen atoms in total. The second-order valence-electron chi connectivity index (χ2n) is 40.8. The fraction of sp³-hybridized carbons (Fsp3) is 0.682. The van der Waals surface area contributed by atoms with Gasteiger partial charge in [-0.3, -0.25) is 23.4 Å². The van der Waals surface area contributed by atoms with E-state index in [2.05, 4.69) is 0 Å². The number of esters is 6. The number of aliphatic hydroxyl groups is 2. The maximum atomic E-state index is 15.0. The maximum absolute atomic E-state index is 15.0. The van der Waals surface area contributed by atoms with Crippen molar-refractivity contribution in [3.05, 3.63) is 155 Å². The molecule has 0 saturated carbocycles. The zero-order chi connectivity index (χ0) is 105. The number of hydrogen-bond acceptors (Lipinski definition) is 33. The van der Waals surface area contributed by atoms with Crippen LogP contribution in [0.1, 0.15) is 244 Å². The molecule has 141 heavy (non-hydrogen) atoms. The van der Waals surface area contributed by atoms with E-state index >= 15 is 0 Å². The Morgan fingerprint density at radius 2 is 0.759 bits per heavy atom. The van der Waals surface area contributed by atoms with Gasteiger partial charge in [0.2, 0.25) is 0 Å². The van der Waals surface area contributed by atoms with Gasteiger partial charge in [-0.1, -0.05) is 135 Å². The molecule has 5 saturated heterocycles. The molecule has 10 rings (SSSR count). The fourth-order valence-corrected chi connectivity index (χ4v) is 22.1. The Kier molecular flexibility index (Phi) is 41.3. The van der Waals surface area contributed by atoms with Gasteiger partial charge in [0.15, 0.2) is 55.4 Å². The summed E-state index contributed by atoms with van der Waals surface area (Å²) in [7, 11) is 9.26. The standard InChI is InChI=1S/C54H81NO17S.C53H77NO14/c1-16-40-54(60,17-2)46(72-73(15,61)62)33(5)42(56)31(3)29-52(9,63-13)45(71-51-44(39(55(11)12)28-32(4)65-51)69-49(58)37-24-20-18-21-25-37)34(6)43(35(7)48(57)67-40)68-41-30-53(10,64-14)47(36(8)66-41)70-50(59)38-26-22-19-23-27-38;1-15-40-53(59,16-2)29-32(4)42(55)31(3)28-51(9,60-13)45(68-50-44(39(54(11)12)27-33(5)62-50)66-48(57)37-23-19-17-20-24-37)34(6)43(35(7)47(56)64-40)65-41-30-52(10,61-14)46(36(8)63-41)67-49(58)38-25-21-18-22-26-38/h18-27,31-36,39-41,43-47,51,60H,16-17,28-30H2,1-15H3;17-26,29,31,33-36,39-41,43-46,50,59H,15-16,27-28,30H2,1-14H3/b;32-29+/t31-,32-,33+,34+,35-,36+,39+,40-,41?,43+,44-,45-,46+,47+,51?,52+,53-,54-;31-,33-,34+,35-,36+,39+,40-,41?,43+,44-,45-,46+,50?,51+,52-,53+/m11/s1. The SMILES string of the molecule is CC[C@H]1OC(=O)[C@H](C)[C@@H](OC2C[C@@](C)(OC)[C@@H](OC(=O)c3ccccc3)[C@H](C)O2)[C@H](C)[C@@H](OC2O[C@H](C)C[C@H](N(C)C)[C@H]2OC(=O)c2ccccc2)[C@@](C)(OC)C[C@@H](C)C(=O)/C(C)=C/[C@@]1(O)CC.CC[C@H]1OC(=O)[C@H](C)[C@@H](OC2C[C@@](C)(OC)[C@@H](OC(=O)c3ccccc3)[C@H](C)O2)[C@H](C)[C@@H](OC2O[C@H](C)C[C@H](N(C)C)[C@H]2OC(=O)c2ccccc2)[C@@](C)(OC)C[C@@H](C)C(=O)[C@H](C)[C@H](OS(C)(=O)=O)[C@@]1(O)CC. The molecule has 5 fully saturated rings. The first kappa shape index (κ1) is 117. The van der Waals surface area contributed by atoms with Crippen LogP contribution in [0, 0.1) is 41.4 Å². The summed E-state index contributed by atoms with van der Waals surface area (Å²) in [6.45, 7) is 34.9. The van der Waals surface area contributed by atoms with E-state index in [1.807, 2.05) is 91.7 Å². The van der Waals surface area contributed by atoms with Gasteiger partial charge < -0.3 is 105 Å². The number of benzene rings is 4. The molecule has 34 atom stereocenters. The topological polar surface area (TPSA) is 393 Å². The van der Waals surface area contributed by atoms with E-state index < -0.39 is 243 Å². The van der Waals surface area contributed by atoms with E-state index in [-0.39, 0.29) is 69.3 Å². The molecule has 34 heteroatoms. The normalized spacial score (nSPS) is 38.3. The fourth-order valence-electron chi connectivity index (χ4n) is 21.3. The highest BCUT2D eigenvalue weighted by molar-refractivity contribution is 7.86. The summed E-state index contributed by atoms with van der Waals surface area (Å²) in [5.74, 6) is -11.2. The Bertz CT molecular complexity index is 4900. The average molecular weight is 2000 g/mol. The van der Waals surface area contributed by atoms with Crippen LogP contribution in [0.3, 0.4) is 0 Å². The van der Waals surface area contributed by atoms with Crippen molar-refractivity contribution in [2.45, 2.75) is 365 Å². The molecular weight excluding hydrogens is 1840 g/mol. The average Bonchev–Trinajstić information content (AvgIpc) is 0.768. The molecule has 0 aromatic heterocycles. The quantitative estimate of drug-likeness (QED) is 0.0303. The van der Waals surface area contributed by atoms with E-state index in [0.717, 1.165) is 6.26 Å². The number of ketones is 2. The van der Waals surface area contributed by atoms with Gasteiger partial charge in [0.1, 0.15) is 46.5 Å². The Balaban J connectivity index is 0.000000316. The number of nitrogens with zero attached hydrogens (tertiary/aromatic N) is 2. The van der Waals surface area contributed by atoms with E-state index in [1.165, 1.54) is 41.4 Å². The molecule has 6 heterocycles. The number of hydrogen-bond donors (Lipinski definition) is 2. The molecule has 4 unspecified atom stereocenters. The third-order valence-corrected chi connectivity index (χ3v) is 30.3. The van der Waals surface area contributed by atoms with Gasteiger partial charge >= 0.3 is 35.8 Å². The van der Waals surface area contributed by atoms with Crippen LogP contribution in [0.5, 0.6) is 0 Å². The van der Waals surface area contributed by atoms with Crippen molar-refractivity contribution in [2.24, 2.45) is 41.4 Å². The number of cyclic esters (lactones) is 2. The van der Waals surface area contributed by atoms with Crippen molar-refractivity contribution in [1.82, 2.24) is 9.80 Å². The van der Waals surface area contributed by atoms with Crippen LogP contribution in [0.15, 0.2) is 133 Å². The van der Waals surface area contributed by atoms with Crippen LogP contribution in [0.2, 0.25) is 0 Å². The van der Waals surface area contributed by atoms with Gasteiger partial charge in [0.05, 0.1) is 112 Å². The summed E-state index contributed by atoms with van der Waals surface area (Å²) >= 11 is 0. The molecule has 4 aromatic rings. The van der Waals surface area contributed by atoms with E-state index in [0.29, 0.717) is 40.7 Å². The number of allylic oxidation sites excluding steroid dienone is 1. The number of methoxy groups -OCH3 is 4. The van der Waals surface area contributed by atoms with Crippen LogP contribution in [0.25, 0.3) is 0 Å². The summed E-state index contributed by atoms with van der Waals surface area (Å²) in [6.07, 6.45) is -15.4. The molecule has 0 radical (unpaired) electrons. The van der Waals surface area contributed by atoms with Gasteiger partial charge in [-0.2, -0.15) is 8.42 Å². The lowest BCUT2D eigenvalue weighted by Crippen LogP contribution is -2.62. The molecule has 6 aliphatic rings. The third kappa shape index (κ3) is 28.1. The lowest BCUT2D eigenvalue weighted by molar-refractivity contribution is -0.318. The highest BCUT2D eigenvalue weighted by Gasteiger charge is 2.60. The number of carbonyl (C=O) groups excluding carboxylic acids is 8. The summed E-state index contributed by atoms with van der Waals surface area (Å²) in [6, 6.07) is 33.7. The molecule has 788 valence electrons. The van der Waals surface area contributed by atoms with Crippen molar-refractivity contribution in [1.29, 1.82) is 0 Å². The Labute approximate surface area is 834 Å². The molecule has 0 spiro atoms. The van der Waals surface area contributed by atoms with Crippen molar-refractivity contribution in [3.8, 4) is 0 Å². The van der Waals surface area contributed by atoms with Gasteiger partial charge in [0, 0.05) is 70.9 Å². The highest BCUT2D eigenvalue weighted by Crippen LogP contribution is 2.48. The first-order valence-electron chi connectivity index (χ1n) is 49.5. The molecule has 0 bridgehead atoms. The maximum Gasteiger partial charge on any atom is 0.338 e. The van der Waals surface area contributed by atoms with Gasteiger partial charge in [0.25, 0.3) is 10.1 Å². The van der Waals surface area contributed by atoms with Gasteiger partial charge in [-0.05, 0) is 216 Å². The first-order chi connectivity index (χ1) is 66.2. The smallest absolute Gasteiger partial charge is 0.338 e. The number of Topliss-reactive ketones (excluding diaryl/α,β-unsaturated/α-hetero) is 2. The zero-order valence-electron chi connectivity index (χ0n) is 87.9. The lowest BCUT2D eigenvalue weighted by Gasteiger charge is -2.50. The predicted molar refractivity (Wildman–Crippen MR) is 522 cm³/mol. The largest absolute Gasteiger partial charge is 0.459 e. The predicted octanol–water partition coefficient (Wildman–Crippen LogP) is 14.1. The molecule has 2 N–H and O–H groups in total.